The Bertz CT molecular complexity index is 815. The van der Waals surface area contributed by atoms with Crippen LogP contribution in [0.2, 0.25) is 8.26 Å². The molecule has 0 nitrogen and oxygen atoms in total. The molecule has 0 bridgehead atoms. The Morgan fingerprint density at radius 3 is 1.41 bits per heavy atom. The van der Waals surface area contributed by atoms with Crippen molar-refractivity contribution in [3.05, 3.63) is 63.3 Å². The molecule has 0 N–H and O–H groups in total. The van der Waals surface area contributed by atoms with Crippen molar-refractivity contribution in [3.63, 3.8) is 0 Å². The van der Waals surface area contributed by atoms with Crippen molar-refractivity contribution in [1.29, 1.82) is 0 Å². The number of rotatable bonds is 2. The first kappa shape index (κ1) is 21.6. The van der Waals surface area contributed by atoms with E-state index in [1.807, 2.05) is 6.56 Å². The van der Waals surface area contributed by atoms with Gasteiger partial charge in [0.2, 0.25) is 0 Å². The first-order chi connectivity index (χ1) is 12.0. The van der Waals surface area contributed by atoms with Gasteiger partial charge in [-0.25, -0.2) is 0 Å². The molecule has 4 aliphatic carbocycles. The third kappa shape index (κ3) is 3.12. The molecule has 27 heavy (non-hydrogen) atoms. The van der Waals surface area contributed by atoms with Gasteiger partial charge in [-0.1, -0.05) is 0 Å². The average Bonchev–Trinajstić information content (AvgIpc) is 3.15. The zero-order valence-corrected chi connectivity index (χ0v) is 21.2. The van der Waals surface area contributed by atoms with E-state index in [9.17, 15) is 0 Å². The van der Waals surface area contributed by atoms with Crippen molar-refractivity contribution in [3.8, 4) is 0 Å². The van der Waals surface area contributed by atoms with Gasteiger partial charge in [-0.05, 0) is 0 Å². The van der Waals surface area contributed by atoms with Gasteiger partial charge in [0.05, 0.1) is 0 Å². The molecule has 0 saturated carbocycles. The molecule has 0 radical (unpaired) electrons. The molecule has 146 valence electrons. The van der Waals surface area contributed by atoms with Gasteiger partial charge in [0, 0.05) is 0 Å². The molecular formula is C24H32Cl2Zr. The minimum absolute atomic E-state index is 0. The Labute approximate surface area is 181 Å². The molecule has 5 aliphatic rings. The summed E-state index contributed by atoms with van der Waals surface area (Å²) in [5.41, 5.74) is 13.5. The molecule has 0 amide bonds. The van der Waals surface area contributed by atoms with Gasteiger partial charge in [-0.2, -0.15) is 0 Å². The third-order valence-electron chi connectivity index (χ3n) is 7.35. The van der Waals surface area contributed by atoms with E-state index in [4.69, 9.17) is 0 Å². The molecule has 1 aliphatic heterocycles. The SMILES string of the molecule is CC1=CC2=C(C)CCCC2=[C]1[Zr]1([C]2=C3CCCC(C)=C3C=C2C)[CH2][CH2]1.Cl.Cl. The van der Waals surface area contributed by atoms with Crippen LogP contribution in [0.3, 0.4) is 0 Å². The van der Waals surface area contributed by atoms with Crippen molar-refractivity contribution in [1.82, 2.24) is 0 Å². The summed E-state index contributed by atoms with van der Waals surface area (Å²) in [6.45, 7) is 9.62. The molecule has 3 heteroatoms. The molecule has 1 heterocycles. The van der Waals surface area contributed by atoms with Gasteiger partial charge in [-0.15, -0.1) is 24.8 Å². The van der Waals surface area contributed by atoms with E-state index in [0.29, 0.717) is 0 Å². The second-order valence-corrected chi connectivity index (χ2v) is 19.3. The minimum Gasteiger partial charge on any atom is -0.147 e. The molecule has 0 unspecified atom stereocenters. The Balaban J connectivity index is 0.00000105. The second-order valence-electron chi connectivity index (χ2n) is 9.04. The van der Waals surface area contributed by atoms with Crippen LogP contribution < -0.4 is 0 Å². The average molecular weight is 483 g/mol. The fourth-order valence-corrected chi connectivity index (χ4v) is 21.7. The van der Waals surface area contributed by atoms with Crippen LogP contribution >= 0.6 is 24.8 Å². The van der Waals surface area contributed by atoms with Crippen molar-refractivity contribution in [2.24, 2.45) is 0 Å². The Hall–Kier alpha value is -0.0969. The number of hydrogen-bond acceptors (Lipinski definition) is 0. The third-order valence-corrected chi connectivity index (χ3v) is 19.2. The Morgan fingerprint density at radius 2 is 1.04 bits per heavy atom. The maximum Gasteiger partial charge on any atom is -0.147 e. The molecule has 5 rings (SSSR count). The fraction of sp³-hybridized carbons (Fsp3) is 0.500. The van der Waals surface area contributed by atoms with Gasteiger partial charge in [0.25, 0.3) is 0 Å². The quantitative estimate of drug-likeness (QED) is 0.372. The van der Waals surface area contributed by atoms with Crippen molar-refractivity contribution < 1.29 is 20.3 Å². The number of fused-ring (bicyclic) bond motifs is 2. The summed E-state index contributed by atoms with van der Waals surface area (Å²) in [6, 6.07) is 0. The largest absolute Gasteiger partial charge is 0.147 e. The second kappa shape index (κ2) is 7.62. The van der Waals surface area contributed by atoms with E-state index < -0.39 is 20.3 Å². The summed E-state index contributed by atoms with van der Waals surface area (Å²) in [6.07, 6.45) is 13.2. The topological polar surface area (TPSA) is 0 Å². The van der Waals surface area contributed by atoms with Crippen LogP contribution in [0.1, 0.15) is 66.2 Å². The smallest absolute Gasteiger partial charge is 0.147 e. The van der Waals surface area contributed by atoms with E-state index >= 15 is 0 Å². The predicted molar refractivity (Wildman–Crippen MR) is 119 cm³/mol. The van der Waals surface area contributed by atoms with E-state index in [0.717, 1.165) is 0 Å². The standard InChI is InChI=1S/2C11H13.C2H4.2ClH.Zr/c2*1-8-6-10-5-3-4-9(2)11(10)7-8;1-2;;;/h2*7H,3-5H2,1-2H3;1-2H2;2*1H;. The minimum atomic E-state index is -2.35. The molecule has 1 saturated heterocycles. The summed E-state index contributed by atoms with van der Waals surface area (Å²) < 4.78 is 7.04. The van der Waals surface area contributed by atoms with E-state index in [1.54, 1.807) is 52.8 Å². The monoisotopic (exact) mass is 480 g/mol. The summed E-state index contributed by atoms with van der Waals surface area (Å²) in [7, 11) is 0. The molecule has 1 fully saturated rings. The van der Waals surface area contributed by atoms with Crippen molar-refractivity contribution in [2.75, 3.05) is 0 Å². The number of allylic oxidation sites excluding steroid dienone is 12. The van der Waals surface area contributed by atoms with Crippen LogP contribution in [0.4, 0.5) is 0 Å². The number of hydrogen-bond donors (Lipinski definition) is 0. The normalized spacial score (nSPS) is 25.6. The maximum absolute atomic E-state index is 2.57. The number of halogens is 2. The molecule has 0 spiro atoms. The summed E-state index contributed by atoms with van der Waals surface area (Å²) in [5.74, 6) is 0. The van der Waals surface area contributed by atoms with Crippen LogP contribution in [0.5, 0.6) is 0 Å². The summed E-state index contributed by atoms with van der Waals surface area (Å²) >= 11 is -2.35. The van der Waals surface area contributed by atoms with Gasteiger partial charge in [0.1, 0.15) is 0 Å². The Morgan fingerprint density at radius 1 is 0.630 bits per heavy atom. The molecule has 0 aromatic rings. The van der Waals surface area contributed by atoms with E-state index in [2.05, 4.69) is 39.8 Å². The van der Waals surface area contributed by atoms with Crippen LogP contribution in [0.15, 0.2) is 63.3 Å². The zero-order chi connectivity index (χ0) is 17.3. The van der Waals surface area contributed by atoms with Crippen molar-refractivity contribution >= 4 is 24.8 Å². The summed E-state index contributed by atoms with van der Waals surface area (Å²) in [4.78, 5) is 0. The molecule has 0 aromatic heterocycles. The van der Waals surface area contributed by atoms with Gasteiger partial charge >= 0.3 is 158 Å². The van der Waals surface area contributed by atoms with Crippen LogP contribution in [-0.2, 0) is 20.3 Å². The first-order valence-corrected chi connectivity index (χ1v) is 16.2. The fourth-order valence-electron chi connectivity index (χ4n) is 6.19. The van der Waals surface area contributed by atoms with Gasteiger partial charge in [-0.3, -0.25) is 0 Å². The first-order valence-electron chi connectivity index (χ1n) is 10.3. The Kier molecular flexibility index (Phi) is 6.10. The van der Waals surface area contributed by atoms with E-state index in [1.165, 1.54) is 38.5 Å². The van der Waals surface area contributed by atoms with Crippen LogP contribution in [0.25, 0.3) is 0 Å². The summed E-state index contributed by atoms with van der Waals surface area (Å²) in [5, 5.41) is 0. The predicted octanol–water partition coefficient (Wildman–Crippen LogP) is 8.26. The van der Waals surface area contributed by atoms with Gasteiger partial charge < -0.3 is 0 Å². The molecule has 0 atom stereocenters. The molecular weight excluding hydrogens is 450 g/mol. The van der Waals surface area contributed by atoms with Crippen molar-refractivity contribution in [2.45, 2.75) is 74.5 Å². The zero-order valence-electron chi connectivity index (χ0n) is 17.1. The van der Waals surface area contributed by atoms with Gasteiger partial charge in [0.15, 0.2) is 0 Å². The van der Waals surface area contributed by atoms with E-state index in [-0.39, 0.29) is 24.8 Å². The van der Waals surface area contributed by atoms with Crippen LogP contribution in [0, 0.1) is 0 Å². The maximum atomic E-state index is 2.57. The molecule has 0 aromatic carbocycles. The van der Waals surface area contributed by atoms with Crippen LogP contribution in [-0.4, -0.2) is 0 Å².